The maximum atomic E-state index is 11.1. The van der Waals surface area contributed by atoms with Crippen molar-refractivity contribution in [2.75, 3.05) is 12.1 Å². The number of halogens is 1. The molecule has 3 rings (SSSR count). The average molecular weight is 341 g/mol. The fraction of sp³-hybridized carbons (Fsp3) is 0.167. The van der Waals surface area contributed by atoms with Crippen LogP contribution in [0.1, 0.15) is 5.76 Å². The van der Waals surface area contributed by atoms with Crippen molar-refractivity contribution in [2.24, 2.45) is 0 Å². The second kappa shape index (κ2) is 5.04. The summed E-state index contributed by atoms with van der Waals surface area (Å²) in [6, 6.07) is 4.66. The lowest BCUT2D eigenvalue weighted by Crippen LogP contribution is -2.02. The third-order valence-corrected chi connectivity index (χ3v) is 3.52. The summed E-state index contributed by atoms with van der Waals surface area (Å²) in [5.74, 6) is 1.51. The van der Waals surface area contributed by atoms with Crippen LogP contribution in [0.5, 0.6) is 11.5 Å². The maximum Gasteiger partial charge on any atom is 0.296 e. The Bertz CT molecular complexity index is 670. The van der Waals surface area contributed by atoms with Gasteiger partial charge in [0.2, 0.25) is 6.79 Å². The summed E-state index contributed by atoms with van der Waals surface area (Å²) in [5, 5.41) is 14.1. The van der Waals surface area contributed by atoms with Crippen LogP contribution in [0.15, 0.2) is 33.4 Å². The van der Waals surface area contributed by atoms with Crippen LogP contribution in [0.3, 0.4) is 0 Å². The number of hydrogen-bond donors (Lipinski definition) is 1. The minimum Gasteiger partial charge on any atom is -0.466 e. The topological polar surface area (TPSA) is 86.8 Å². The van der Waals surface area contributed by atoms with E-state index in [9.17, 15) is 10.1 Å². The summed E-state index contributed by atoms with van der Waals surface area (Å²) in [4.78, 5) is 10.6. The minimum absolute atomic E-state index is 0.0691. The van der Waals surface area contributed by atoms with E-state index in [-0.39, 0.29) is 12.5 Å². The Balaban J connectivity index is 1.88. The van der Waals surface area contributed by atoms with Crippen molar-refractivity contribution >= 4 is 27.3 Å². The summed E-state index contributed by atoms with van der Waals surface area (Å²) in [6.45, 7) is 0.383. The molecule has 0 fully saturated rings. The molecule has 0 radical (unpaired) electrons. The molecule has 1 aliphatic heterocycles. The fourth-order valence-corrected chi connectivity index (χ4v) is 2.19. The van der Waals surface area contributed by atoms with Crippen LogP contribution in [0.2, 0.25) is 0 Å². The zero-order valence-corrected chi connectivity index (χ0v) is 11.7. The molecule has 20 heavy (non-hydrogen) atoms. The number of hydrogen-bond acceptors (Lipinski definition) is 6. The monoisotopic (exact) mass is 340 g/mol. The van der Waals surface area contributed by atoms with E-state index >= 15 is 0 Å². The standard InChI is InChI=1S/C12H9BrN2O5/c13-7-1-2-18-12(7)5-14-8-3-10-11(20-6-19-10)4-9(8)15(16)17/h1-4,14H,5-6H2. The Hall–Kier alpha value is -2.22. The van der Waals surface area contributed by atoms with Crippen molar-refractivity contribution in [1.82, 2.24) is 0 Å². The van der Waals surface area contributed by atoms with E-state index in [1.165, 1.54) is 12.3 Å². The molecule has 0 aliphatic carbocycles. The number of fused-ring (bicyclic) bond motifs is 1. The Morgan fingerprint density at radius 1 is 1.35 bits per heavy atom. The number of nitro groups is 1. The number of nitrogens with one attached hydrogen (secondary N) is 1. The lowest BCUT2D eigenvalue weighted by molar-refractivity contribution is -0.384. The van der Waals surface area contributed by atoms with Crippen LogP contribution in [-0.4, -0.2) is 11.7 Å². The first-order valence-corrected chi connectivity index (χ1v) is 6.48. The Kier molecular flexibility index (Phi) is 3.23. The molecule has 2 heterocycles. The highest BCUT2D eigenvalue weighted by atomic mass is 79.9. The van der Waals surface area contributed by atoms with Crippen LogP contribution in [0.25, 0.3) is 0 Å². The van der Waals surface area contributed by atoms with Gasteiger partial charge in [-0.15, -0.1) is 0 Å². The van der Waals surface area contributed by atoms with E-state index < -0.39 is 4.92 Å². The minimum atomic E-state index is -0.471. The molecule has 0 unspecified atom stereocenters. The smallest absolute Gasteiger partial charge is 0.296 e. The van der Waals surface area contributed by atoms with E-state index in [4.69, 9.17) is 13.9 Å². The average Bonchev–Trinajstić information content (AvgIpc) is 3.03. The van der Waals surface area contributed by atoms with Gasteiger partial charge < -0.3 is 19.2 Å². The molecule has 0 amide bonds. The molecule has 1 aromatic heterocycles. The van der Waals surface area contributed by atoms with Gasteiger partial charge in [0.25, 0.3) is 5.69 Å². The van der Waals surface area contributed by atoms with Gasteiger partial charge in [0.15, 0.2) is 11.5 Å². The van der Waals surface area contributed by atoms with Crippen LogP contribution < -0.4 is 14.8 Å². The van der Waals surface area contributed by atoms with Crippen molar-refractivity contribution in [1.29, 1.82) is 0 Å². The van der Waals surface area contributed by atoms with Crippen LogP contribution >= 0.6 is 15.9 Å². The zero-order chi connectivity index (χ0) is 14.1. The largest absolute Gasteiger partial charge is 0.466 e. The molecule has 1 N–H and O–H groups in total. The predicted octanol–water partition coefficient (Wildman–Crippen LogP) is 3.29. The van der Waals surface area contributed by atoms with Crippen LogP contribution in [-0.2, 0) is 6.54 Å². The van der Waals surface area contributed by atoms with Crippen molar-refractivity contribution in [3.63, 3.8) is 0 Å². The molecule has 8 heteroatoms. The molecule has 0 saturated carbocycles. The molecule has 1 aliphatic rings. The second-order valence-corrected chi connectivity index (χ2v) is 4.88. The number of benzene rings is 1. The van der Waals surface area contributed by atoms with Gasteiger partial charge in [-0.3, -0.25) is 10.1 Å². The third kappa shape index (κ3) is 2.29. The van der Waals surface area contributed by atoms with Gasteiger partial charge in [0, 0.05) is 6.07 Å². The third-order valence-electron chi connectivity index (χ3n) is 2.82. The van der Waals surface area contributed by atoms with E-state index in [2.05, 4.69) is 21.2 Å². The SMILES string of the molecule is O=[N+]([O-])c1cc2c(cc1NCc1occc1Br)OCO2. The number of furan rings is 1. The van der Waals surface area contributed by atoms with Gasteiger partial charge in [-0.05, 0) is 22.0 Å². The summed E-state index contributed by atoms with van der Waals surface area (Å²) in [6.07, 6.45) is 1.54. The number of nitrogens with zero attached hydrogens (tertiary/aromatic N) is 1. The van der Waals surface area contributed by atoms with E-state index in [1.807, 2.05) is 0 Å². The lowest BCUT2D eigenvalue weighted by Gasteiger charge is -2.07. The van der Waals surface area contributed by atoms with Gasteiger partial charge in [0.05, 0.1) is 28.3 Å². The summed E-state index contributed by atoms with van der Waals surface area (Å²) in [5.41, 5.74) is 0.277. The summed E-state index contributed by atoms with van der Waals surface area (Å²) >= 11 is 3.32. The highest BCUT2D eigenvalue weighted by molar-refractivity contribution is 9.10. The fourth-order valence-electron chi connectivity index (χ4n) is 1.85. The molecular weight excluding hydrogens is 332 g/mol. The first-order valence-electron chi connectivity index (χ1n) is 5.69. The van der Waals surface area contributed by atoms with Crippen molar-refractivity contribution < 1.29 is 18.8 Å². The molecular formula is C12H9BrN2O5. The molecule has 1 aromatic carbocycles. The van der Waals surface area contributed by atoms with Crippen molar-refractivity contribution in [3.05, 3.63) is 44.8 Å². The van der Waals surface area contributed by atoms with Crippen LogP contribution in [0.4, 0.5) is 11.4 Å². The highest BCUT2D eigenvalue weighted by Crippen LogP contribution is 2.40. The number of ether oxygens (including phenoxy) is 2. The highest BCUT2D eigenvalue weighted by Gasteiger charge is 2.23. The first kappa shape index (κ1) is 12.8. The molecule has 0 bridgehead atoms. The Morgan fingerprint density at radius 3 is 2.75 bits per heavy atom. The molecule has 0 spiro atoms. The number of nitro benzene ring substituents is 1. The number of anilines is 1. The molecule has 2 aromatic rings. The number of rotatable bonds is 4. The lowest BCUT2D eigenvalue weighted by atomic mass is 10.2. The van der Waals surface area contributed by atoms with E-state index in [0.29, 0.717) is 29.5 Å². The van der Waals surface area contributed by atoms with Gasteiger partial charge in [-0.2, -0.15) is 0 Å². The molecule has 104 valence electrons. The quantitative estimate of drug-likeness (QED) is 0.678. The maximum absolute atomic E-state index is 11.1. The van der Waals surface area contributed by atoms with Gasteiger partial charge in [-0.25, -0.2) is 0 Å². The summed E-state index contributed by atoms with van der Waals surface area (Å²) < 4.78 is 16.4. The van der Waals surface area contributed by atoms with Crippen molar-refractivity contribution in [2.45, 2.75) is 6.54 Å². The normalized spacial score (nSPS) is 12.4. The molecule has 7 nitrogen and oxygen atoms in total. The second-order valence-electron chi connectivity index (χ2n) is 4.02. The van der Waals surface area contributed by atoms with Gasteiger partial charge in [-0.1, -0.05) is 0 Å². The van der Waals surface area contributed by atoms with Crippen molar-refractivity contribution in [3.8, 4) is 11.5 Å². The van der Waals surface area contributed by atoms with E-state index in [1.54, 1.807) is 12.1 Å². The van der Waals surface area contributed by atoms with Crippen LogP contribution in [0, 0.1) is 10.1 Å². The predicted molar refractivity (Wildman–Crippen MR) is 73.0 cm³/mol. The summed E-state index contributed by atoms with van der Waals surface area (Å²) in [7, 11) is 0. The van der Waals surface area contributed by atoms with Gasteiger partial charge >= 0.3 is 0 Å². The zero-order valence-electron chi connectivity index (χ0n) is 10.1. The Morgan fingerprint density at radius 2 is 2.10 bits per heavy atom. The van der Waals surface area contributed by atoms with Gasteiger partial charge in [0.1, 0.15) is 11.4 Å². The molecule has 0 atom stereocenters. The van der Waals surface area contributed by atoms with E-state index in [0.717, 1.165) is 4.47 Å². The Labute approximate surface area is 121 Å². The molecule has 0 saturated heterocycles. The first-order chi connectivity index (χ1) is 9.65.